The highest BCUT2D eigenvalue weighted by atomic mass is 19.4. The Balaban J connectivity index is 2.01. The highest BCUT2D eigenvalue weighted by molar-refractivity contribution is 5.94. The molecule has 1 aromatic carbocycles. The molecule has 1 N–H and O–H groups in total. The molecule has 0 aliphatic carbocycles. The largest absolute Gasteiger partial charge is 0.456 e. The van der Waals surface area contributed by atoms with Crippen molar-refractivity contribution in [3.05, 3.63) is 65.0 Å². The molecule has 27 heavy (non-hydrogen) atoms. The summed E-state index contributed by atoms with van der Waals surface area (Å²) in [4.78, 5) is 27.4. The van der Waals surface area contributed by atoms with Crippen LogP contribution in [0.4, 0.5) is 13.2 Å². The molecule has 1 heterocycles. The summed E-state index contributed by atoms with van der Waals surface area (Å²) in [5.74, 6) is -1.05. The summed E-state index contributed by atoms with van der Waals surface area (Å²) >= 11 is 0. The van der Waals surface area contributed by atoms with Crippen molar-refractivity contribution < 1.29 is 27.5 Å². The molecule has 0 unspecified atom stereocenters. The normalized spacial score (nSPS) is 11.8. The Labute approximate surface area is 154 Å². The fourth-order valence-corrected chi connectivity index (χ4v) is 2.13. The van der Waals surface area contributed by atoms with Gasteiger partial charge < -0.3 is 10.1 Å². The lowest BCUT2D eigenvalue weighted by molar-refractivity contribution is -0.141. The molecule has 0 fully saturated rings. The van der Waals surface area contributed by atoms with Crippen molar-refractivity contribution >= 4 is 11.9 Å². The monoisotopic (exact) mass is 380 g/mol. The molecule has 0 saturated heterocycles. The van der Waals surface area contributed by atoms with Crippen molar-refractivity contribution in [1.82, 2.24) is 10.3 Å². The van der Waals surface area contributed by atoms with Gasteiger partial charge in [0.2, 0.25) is 0 Å². The molecule has 0 atom stereocenters. The highest BCUT2D eigenvalue weighted by Crippen LogP contribution is 2.27. The van der Waals surface area contributed by atoms with Gasteiger partial charge >= 0.3 is 12.1 Å². The molecule has 0 saturated carbocycles. The summed E-state index contributed by atoms with van der Waals surface area (Å²) in [6.07, 6.45) is -3.69. The van der Waals surface area contributed by atoms with Crippen LogP contribution in [-0.2, 0) is 17.5 Å². The summed E-state index contributed by atoms with van der Waals surface area (Å²) in [5.41, 5.74) is -0.702. The number of alkyl halides is 3. The van der Waals surface area contributed by atoms with Crippen LogP contribution >= 0.6 is 0 Å². The number of halogens is 3. The predicted octanol–water partition coefficient (Wildman–Crippen LogP) is 3.99. The highest BCUT2D eigenvalue weighted by Gasteiger charge is 2.32. The van der Waals surface area contributed by atoms with E-state index in [4.69, 9.17) is 4.74 Å². The van der Waals surface area contributed by atoms with Crippen LogP contribution in [0.2, 0.25) is 0 Å². The number of carbonyl (C=O) groups excluding carboxylic acids is 2. The van der Waals surface area contributed by atoms with Crippen LogP contribution in [0.1, 0.15) is 52.7 Å². The molecule has 5 nitrogen and oxygen atoms in total. The molecule has 0 radical (unpaired) electrons. The molecule has 1 amide bonds. The maximum absolute atomic E-state index is 12.5. The molecular weight excluding hydrogens is 361 g/mol. The maximum atomic E-state index is 12.5. The molecule has 0 bridgehead atoms. The lowest BCUT2D eigenvalue weighted by atomic mass is 10.1. The number of esters is 1. The topological polar surface area (TPSA) is 68.3 Å². The summed E-state index contributed by atoms with van der Waals surface area (Å²) in [6.45, 7) is 5.36. The second kappa shape index (κ2) is 7.77. The minimum Gasteiger partial charge on any atom is -0.456 e. The molecule has 144 valence electrons. The number of nitrogens with zero attached hydrogens (tertiary/aromatic N) is 1. The van der Waals surface area contributed by atoms with E-state index in [1.165, 1.54) is 0 Å². The summed E-state index contributed by atoms with van der Waals surface area (Å²) < 4.78 is 42.8. The molecule has 2 rings (SSSR count). The predicted molar refractivity (Wildman–Crippen MR) is 92.0 cm³/mol. The van der Waals surface area contributed by atoms with Crippen molar-refractivity contribution in [1.29, 1.82) is 0 Å². The molecule has 2 aromatic rings. The van der Waals surface area contributed by atoms with E-state index in [0.717, 1.165) is 18.3 Å². The Kier molecular flexibility index (Phi) is 5.88. The summed E-state index contributed by atoms with van der Waals surface area (Å²) in [6, 6.07) is 8.35. The number of aromatic nitrogens is 1. The SMILES string of the molecule is CC(C)(C)OC(=O)c1cccc(CNC(=O)c2ccc(C(F)(F)F)nc2)c1. The van der Waals surface area contributed by atoms with E-state index >= 15 is 0 Å². The van der Waals surface area contributed by atoms with Gasteiger partial charge in [-0.15, -0.1) is 0 Å². The number of hydrogen-bond acceptors (Lipinski definition) is 4. The van der Waals surface area contributed by atoms with E-state index < -0.39 is 29.3 Å². The third kappa shape index (κ3) is 6.09. The fourth-order valence-electron chi connectivity index (χ4n) is 2.13. The zero-order chi connectivity index (χ0) is 20.2. The number of pyridine rings is 1. The summed E-state index contributed by atoms with van der Waals surface area (Å²) in [7, 11) is 0. The third-order valence-corrected chi connectivity index (χ3v) is 3.33. The first-order valence-corrected chi connectivity index (χ1v) is 8.09. The minimum atomic E-state index is -4.56. The van der Waals surface area contributed by atoms with Crippen LogP contribution in [0.15, 0.2) is 42.6 Å². The van der Waals surface area contributed by atoms with Gasteiger partial charge in [-0.1, -0.05) is 12.1 Å². The Hall–Kier alpha value is -2.90. The summed E-state index contributed by atoms with van der Waals surface area (Å²) in [5, 5.41) is 2.58. The molecule has 8 heteroatoms. The van der Waals surface area contributed by atoms with Gasteiger partial charge in [0.05, 0.1) is 11.1 Å². The van der Waals surface area contributed by atoms with E-state index in [0.29, 0.717) is 11.1 Å². The first kappa shape index (κ1) is 20.4. The first-order chi connectivity index (χ1) is 12.5. The van der Waals surface area contributed by atoms with Crippen LogP contribution < -0.4 is 5.32 Å². The minimum absolute atomic E-state index is 0.00583. The van der Waals surface area contributed by atoms with Gasteiger partial charge in [-0.2, -0.15) is 13.2 Å². The second-order valence-corrected chi connectivity index (χ2v) is 6.81. The van der Waals surface area contributed by atoms with E-state index in [1.807, 2.05) is 0 Å². The standard InChI is InChI=1S/C19H19F3N2O3/c1-18(2,3)27-17(26)13-6-4-5-12(9-13)10-24-16(25)14-7-8-15(23-11-14)19(20,21)22/h4-9,11H,10H2,1-3H3,(H,24,25). The quantitative estimate of drug-likeness (QED) is 0.815. The van der Waals surface area contributed by atoms with Crippen molar-refractivity contribution in [2.75, 3.05) is 0 Å². The van der Waals surface area contributed by atoms with E-state index in [1.54, 1.807) is 45.0 Å². The van der Waals surface area contributed by atoms with Crippen LogP contribution in [0, 0.1) is 0 Å². The van der Waals surface area contributed by atoms with Crippen LogP contribution in [0.3, 0.4) is 0 Å². The number of carbonyl (C=O) groups is 2. The molecular formula is C19H19F3N2O3. The number of benzene rings is 1. The average molecular weight is 380 g/mol. The number of nitrogens with one attached hydrogen (secondary N) is 1. The number of ether oxygens (including phenoxy) is 1. The Morgan fingerprint density at radius 1 is 1.07 bits per heavy atom. The van der Waals surface area contributed by atoms with Gasteiger partial charge in [-0.05, 0) is 50.6 Å². The smallest absolute Gasteiger partial charge is 0.433 e. The molecule has 1 aromatic heterocycles. The van der Waals surface area contributed by atoms with Gasteiger partial charge in [-0.3, -0.25) is 9.78 Å². The van der Waals surface area contributed by atoms with Gasteiger partial charge in [-0.25, -0.2) is 4.79 Å². The van der Waals surface area contributed by atoms with Crippen molar-refractivity contribution in [3.63, 3.8) is 0 Å². The van der Waals surface area contributed by atoms with Crippen molar-refractivity contribution in [2.24, 2.45) is 0 Å². The second-order valence-electron chi connectivity index (χ2n) is 6.81. The lowest BCUT2D eigenvalue weighted by Gasteiger charge is -2.19. The first-order valence-electron chi connectivity index (χ1n) is 8.09. The van der Waals surface area contributed by atoms with Crippen LogP contribution in [-0.4, -0.2) is 22.5 Å². The molecule has 0 aliphatic heterocycles. The van der Waals surface area contributed by atoms with Gasteiger partial charge in [0.1, 0.15) is 11.3 Å². The van der Waals surface area contributed by atoms with Crippen LogP contribution in [0.5, 0.6) is 0 Å². The third-order valence-electron chi connectivity index (χ3n) is 3.33. The van der Waals surface area contributed by atoms with E-state index in [9.17, 15) is 22.8 Å². The van der Waals surface area contributed by atoms with Gasteiger partial charge in [0.15, 0.2) is 0 Å². The fraction of sp³-hybridized carbons (Fsp3) is 0.316. The Morgan fingerprint density at radius 3 is 2.33 bits per heavy atom. The zero-order valence-corrected chi connectivity index (χ0v) is 15.1. The van der Waals surface area contributed by atoms with Crippen LogP contribution in [0.25, 0.3) is 0 Å². The lowest BCUT2D eigenvalue weighted by Crippen LogP contribution is -2.25. The van der Waals surface area contributed by atoms with Crippen molar-refractivity contribution in [2.45, 2.75) is 39.1 Å². The Morgan fingerprint density at radius 2 is 1.78 bits per heavy atom. The van der Waals surface area contributed by atoms with Gasteiger partial charge in [0.25, 0.3) is 5.91 Å². The number of hydrogen-bond donors (Lipinski definition) is 1. The number of amides is 1. The van der Waals surface area contributed by atoms with E-state index in [-0.39, 0.29) is 12.1 Å². The van der Waals surface area contributed by atoms with Gasteiger partial charge in [0, 0.05) is 12.7 Å². The maximum Gasteiger partial charge on any atom is 0.433 e. The van der Waals surface area contributed by atoms with E-state index in [2.05, 4.69) is 10.3 Å². The Bertz CT molecular complexity index is 825. The molecule has 0 aliphatic rings. The zero-order valence-electron chi connectivity index (χ0n) is 15.1. The van der Waals surface area contributed by atoms with Crippen molar-refractivity contribution in [3.8, 4) is 0 Å². The molecule has 0 spiro atoms. The average Bonchev–Trinajstić information content (AvgIpc) is 2.58. The number of rotatable bonds is 4.